The molecule has 14 heavy (non-hydrogen) atoms. The van der Waals surface area contributed by atoms with Crippen molar-refractivity contribution < 1.29 is 4.74 Å². The van der Waals surface area contributed by atoms with Crippen LogP contribution >= 0.6 is 0 Å². The van der Waals surface area contributed by atoms with Crippen molar-refractivity contribution in [1.29, 1.82) is 0 Å². The molecular weight excluding hydrogens is 176 g/mol. The van der Waals surface area contributed by atoms with Crippen molar-refractivity contribution in [3.05, 3.63) is 0 Å². The summed E-state index contributed by atoms with van der Waals surface area (Å²) in [5.41, 5.74) is 5.67. The zero-order chi connectivity index (χ0) is 11.4. The van der Waals surface area contributed by atoms with Crippen LogP contribution in [0.5, 0.6) is 0 Å². The van der Waals surface area contributed by atoms with Gasteiger partial charge < -0.3 is 10.5 Å². The third-order valence-corrected chi connectivity index (χ3v) is 1.88. The molecule has 0 aliphatic rings. The van der Waals surface area contributed by atoms with E-state index in [1.54, 1.807) is 0 Å². The van der Waals surface area contributed by atoms with Crippen LogP contribution in [0.1, 0.15) is 48.0 Å². The lowest BCUT2D eigenvalue weighted by molar-refractivity contribution is -0.0119. The Labute approximate surface area is 88.4 Å². The van der Waals surface area contributed by atoms with Crippen molar-refractivity contribution >= 4 is 0 Å². The van der Waals surface area contributed by atoms with Crippen molar-refractivity contribution in [2.75, 3.05) is 6.61 Å². The maximum atomic E-state index is 5.68. The minimum atomic E-state index is -0.0512. The van der Waals surface area contributed by atoms with Gasteiger partial charge in [0.05, 0.1) is 11.8 Å². The highest BCUT2D eigenvalue weighted by Crippen LogP contribution is 2.13. The van der Waals surface area contributed by atoms with Crippen LogP contribution in [0.2, 0.25) is 0 Å². The monoisotopic (exact) mass is 202 g/mol. The maximum absolute atomic E-state index is 5.68. The molecule has 0 saturated heterocycles. The van der Waals surface area contributed by atoms with Gasteiger partial charge in [0, 0.05) is 12.1 Å². The fourth-order valence-electron chi connectivity index (χ4n) is 1.30. The van der Waals surface area contributed by atoms with Crippen LogP contribution in [0.4, 0.5) is 0 Å². The molecule has 3 heteroatoms. The Morgan fingerprint density at radius 3 is 2.07 bits per heavy atom. The molecule has 0 rings (SSSR count). The second-order valence-corrected chi connectivity index (χ2v) is 5.53. The highest BCUT2D eigenvalue weighted by Gasteiger charge is 2.19. The molecule has 1 unspecified atom stereocenters. The number of nitrogens with two attached hydrogens (primary N) is 1. The Balaban J connectivity index is 3.76. The summed E-state index contributed by atoms with van der Waals surface area (Å²) in [7, 11) is 0. The molecule has 0 bridgehead atoms. The van der Waals surface area contributed by atoms with Crippen LogP contribution in [0.3, 0.4) is 0 Å². The molecule has 0 aromatic carbocycles. The molecule has 0 amide bonds. The Kier molecular flexibility index (Phi) is 5.06. The number of rotatable bonds is 5. The minimum absolute atomic E-state index is 0.0274. The summed E-state index contributed by atoms with van der Waals surface area (Å²) >= 11 is 0. The molecule has 0 aliphatic carbocycles. The van der Waals surface area contributed by atoms with Gasteiger partial charge >= 0.3 is 0 Å². The summed E-state index contributed by atoms with van der Waals surface area (Å²) in [6.07, 6.45) is 0.992. The van der Waals surface area contributed by atoms with E-state index in [9.17, 15) is 0 Å². The SMILES string of the molecule is CC(N)NC(C)(C)CCOC(C)(C)C. The number of hydrogen-bond donors (Lipinski definition) is 2. The van der Waals surface area contributed by atoms with Crippen molar-refractivity contribution in [3.8, 4) is 0 Å². The van der Waals surface area contributed by atoms with Gasteiger partial charge in [-0.15, -0.1) is 0 Å². The summed E-state index contributed by atoms with van der Waals surface area (Å²) < 4.78 is 5.67. The molecule has 0 aromatic heterocycles. The van der Waals surface area contributed by atoms with Gasteiger partial charge in [0.1, 0.15) is 0 Å². The van der Waals surface area contributed by atoms with E-state index in [0.29, 0.717) is 0 Å². The molecule has 0 heterocycles. The van der Waals surface area contributed by atoms with Crippen LogP contribution in [0.25, 0.3) is 0 Å². The van der Waals surface area contributed by atoms with Gasteiger partial charge in [0.25, 0.3) is 0 Å². The van der Waals surface area contributed by atoms with Gasteiger partial charge in [-0.2, -0.15) is 0 Å². The van der Waals surface area contributed by atoms with Crippen molar-refractivity contribution in [1.82, 2.24) is 5.32 Å². The fraction of sp³-hybridized carbons (Fsp3) is 1.00. The molecule has 0 aromatic rings. The minimum Gasteiger partial charge on any atom is -0.376 e. The smallest absolute Gasteiger partial charge is 0.0598 e. The van der Waals surface area contributed by atoms with Gasteiger partial charge in [-0.1, -0.05) is 0 Å². The van der Waals surface area contributed by atoms with Gasteiger partial charge in [0.15, 0.2) is 0 Å². The largest absolute Gasteiger partial charge is 0.376 e. The molecule has 86 valence electrons. The molecule has 3 nitrogen and oxygen atoms in total. The number of nitrogens with one attached hydrogen (secondary N) is 1. The average Bonchev–Trinajstić information content (AvgIpc) is 1.78. The van der Waals surface area contributed by atoms with Crippen LogP contribution in [-0.4, -0.2) is 23.9 Å². The van der Waals surface area contributed by atoms with Crippen molar-refractivity contribution in [2.24, 2.45) is 5.73 Å². The standard InChI is InChI=1S/C11H26N2O/c1-9(12)13-11(5,6)7-8-14-10(2,3)4/h9,13H,7-8,12H2,1-6H3. The molecule has 0 fully saturated rings. The Hall–Kier alpha value is -0.120. The normalized spacial score (nSPS) is 15.6. The zero-order valence-corrected chi connectivity index (χ0v) is 10.5. The summed E-state index contributed by atoms with van der Waals surface area (Å²) in [6.45, 7) is 13.2. The zero-order valence-electron chi connectivity index (χ0n) is 10.5. The van der Waals surface area contributed by atoms with Crippen LogP contribution in [0.15, 0.2) is 0 Å². The third-order valence-electron chi connectivity index (χ3n) is 1.88. The second kappa shape index (κ2) is 5.10. The third kappa shape index (κ3) is 8.48. The molecule has 3 N–H and O–H groups in total. The summed E-state index contributed by atoms with van der Waals surface area (Å²) in [4.78, 5) is 0. The maximum Gasteiger partial charge on any atom is 0.0598 e. The predicted octanol–water partition coefficient (Wildman–Crippen LogP) is 1.86. The molecule has 0 aliphatic heterocycles. The fourth-order valence-corrected chi connectivity index (χ4v) is 1.30. The van der Waals surface area contributed by atoms with Gasteiger partial charge in [-0.3, -0.25) is 5.32 Å². The van der Waals surface area contributed by atoms with E-state index >= 15 is 0 Å². The Morgan fingerprint density at radius 1 is 1.21 bits per heavy atom. The topological polar surface area (TPSA) is 47.3 Å². The molecular formula is C11H26N2O. The van der Waals surface area contributed by atoms with Crippen LogP contribution < -0.4 is 11.1 Å². The van der Waals surface area contributed by atoms with Crippen LogP contribution in [0, 0.1) is 0 Å². The molecule has 1 atom stereocenters. The van der Waals surface area contributed by atoms with E-state index in [0.717, 1.165) is 13.0 Å². The van der Waals surface area contributed by atoms with E-state index in [4.69, 9.17) is 10.5 Å². The number of ether oxygens (including phenoxy) is 1. The summed E-state index contributed by atoms with van der Waals surface area (Å²) in [5, 5.41) is 3.30. The van der Waals surface area contributed by atoms with E-state index in [-0.39, 0.29) is 17.3 Å². The van der Waals surface area contributed by atoms with E-state index < -0.39 is 0 Å². The second-order valence-electron chi connectivity index (χ2n) is 5.53. The first-order valence-corrected chi connectivity index (χ1v) is 5.30. The Bertz CT molecular complexity index is 159. The van der Waals surface area contributed by atoms with E-state index in [2.05, 4.69) is 39.9 Å². The van der Waals surface area contributed by atoms with Crippen molar-refractivity contribution in [3.63, 3.8) is 0 Å². The lowest BCUT2D eigenvalue weighted by Crippen LogP contribution is -2.49. The summed E-state index contributed by atoms with van der Waals surface area (Å²) in [5.74, 6) is 0. The van der Waals surface area contributed by atoms with Gasteiger partial charge in [-0.25, -0.2) is 0 Å². The highest BCUT2D eigenvalue weighted by atomic mass is 16.5. The highest BCUT2D eigenvalue weighted by molar-refractivity contribution is 4.78. The van der Waals surface area contributed by atoms with Crippen molar-refractivity contribution in [2.45, 2.75) is 65.3 Å². The summed E-state index contributed by atoms with van der Waals surface area (Å²) in [6, 6.07) is 0. The first kappa shape index (κ1) is 13.9. The number of hydrogen-bond acceptors (Lipinski definition) is 3. The average molecular weight is 202 g/mol. The van der Waals surface area contributed by atoms with Gasteiger partial charge in [-0.05, 0) is 48.0 Å². The lowest BCUT2D eigenvalue weighted by atomic mass is 10.0. The van der Waals surface area contributed by atoms with Gasteiger partial charge in [0.2, 0.25) is 0 Å². The first-order chi connectivity index (χ1) is 6.12. The van der Waals surface area contributed by atoms with Crippen LogP contribution in [-0.2, 0) is 4.74 Å². The Morgan fingerprint density at radius 2 is 1.71 bits per heavy atom. The lowest BCUT2D eigenvalue weighted by Gasteiger charge is -2.30. The van der Waals surface area contributed by atoms with E-state index in [1.165, 1.54) is 0 Å². The molecule has 0 spiro atoms. The molecule has 0 saturated carbocycles. The molecule has 0 radical (unpaired) electrons. The predicted molar refractivity (Wildman–Crippen MR) is 61.2 cm³/mol. The first-order valence-electron chi connectivity index (χ1n) is 5.30. The quantitative estimate of drug-likeness (QED) is 0.669. The van der Waals surface area contributed by atoms with E-state index in [1.807, 2.05) is 6.92 Å².